The Hall–Kier alpha value is -0.770. The van der Waals surface area contributed by atoms with E-state index in [1.165, 1.54) is 12.5 Å². The molecule has 0 fully saturated rings. The van der Waals surface area contributed by atoms with Crippen LogP contribution in [0.1, 0.15) is 10.7 Å². The summed E-state index contributed by atoms with van der Waals surface area (Å²) >= 11 is 1.09. The van der Waals surface area contributed by atoms with Crippen molar-refractivity contribution in [1.82, 2.24) is 4.98 Å². The van der Waals surface area contributed by atoms with E-state index in [4.69, 9.17) is 4.42 Å². The molecule has 0 N–H and O–H groups in total. The smallest absolute Gasteiger partial charge is 0.274 e. The van der Waals surface area contributed by atoms with E-state index in [1.54, 1.807) is 6.26 Å². The molecule has 0 aliphatic carbocycles. The second-order valence-corrected chi connectivity index (χ2v) is 2.11. The highest BCUT2D eigenvalue weighted by molar-refractivity contribution is 8.13. The van der Waals surface area contributed by atoms with Crippen molar-refractivity contribution in [3.8, 4) is 0 Å². The number of thioether (sulfide) groups is 1. The summed E-state index contributed by atoms with van der Waals surface area (Å²) in [6, 6.07) is 0. The Bertz CT molecular complexity index is 195. The van der Waals surface area contributed by atoms with E-state index in [2.05, 4.69) is 4.98 Å². The molecule has 0 amide bonds. The van der Waals surface area contributed by atoms with Crippen molar-refractivity contribution in [2.45, 2.75) is 0 Å². The molecule has 1 heterocycles. The lowest BCUT2D eigenvalue weighted by atomic mass is 10.7. The number of hydrogen-bond acceptors (Lipinski definition) is 4. The molecular weight excluding hydrogens is 138 g/mol. The number of oxazole rings is 1. The van der Waals surface area contributed by atoms with Gasteiger partial charge in [0.1, 0.15) is 6.26 Å². The van der Waals surface area contributed by atoms with Gasteiger partial charge in [-0.3, -0.25) is 4.79 Å². The van der Waals surface area contributed by atoms with Crippen LogP contribution in [0.25, 0.3) is 0 Å². The van der Waals surface area contributed by atoms with E-state index in [-0.39, 0.29) is 11.0 Å². The number of hydrogen-bond donors (Lipinski definition) is 0. The van der Waals surface area contributed by atoms with Gasteiger partial charge in [-0.1, -0.05) is 11.8 Å². The van der Waals surface area contributed by atoms with Crippen LogP contribution in [-0.4, -0.2) is 16.4 Å². The number of carbonyl (C=O) groups excluding carboxylic acids is 1. The van der Waals surface area contributed by atoms with Crippen LogP contribution in [0.15, 0.2) is 16.9 Å². The van der Waals surface area contributed by atoms with Gasteiger partial charge in [-0.25, -0.2) is 4.98 Å². The fraction of sp³-hybridized carbons (Fsp3) is 0.200. The first kappa shape index (κ1) is 6.35. The lowest BCUT2D eigenvalue weighted by Crippen LogP contribution is -1.90. The minimum absolute atomic E-state index is 0.139. The van der Waals surface area contributed by atoms with Crippen molar-refractivity contribution in [1.29, 1.82) is 0 Å². The molecule has 0 spiro atoms. The first-order valence-corrected chi connectivity index (χ1v) is 3.55. The van der Waals surface area contributed by atoms with Crippen molar-refractivity contribution < 1.29 is 9.21 Å². The largest absolute Gasteiger partial charge is 0.442 e. The maximum atomic E-state index is 10.7. The predicted molar refractivity (Wildman–Crippen MR) is 34.3 cm³/mol. The molecule has 9 heavy (non-hydrogen) atoms. The summed E-state index contributed by atoms with van der Waals surface area (Å²) in [5.41, 5.74) is 0. The Labute approximate surface area is 56.5 Å². The zero-order valence-corrected chi connectivity index (χ0v) is 5.64. The van der Waals surface area contributed by atoms with Gasteiger partial charge in [0.25, 0.3) is 11.0 Å². The lowest BCUT2D eigenvalue weighted by molar-refractivity contribution is 0.106. The molecule has 0 aromatic carbocycles. The Morgan fingerprint density at radius 2 is 2.67 bits per heavy atom. The average molecular weight is 143 g/mol. The van der Waals surface area contributed by atoms with E-state index >= 15 is 0 Å². The van der Waals surface area contributed by atoms with E-state index in [9.17, 15) is 4.79 Å². The van der Waals surface area contributed by atoms with Gasteiger partial charge in [0.05, 0.1) is 6.20 Å². The summed E-state index contributed by atoms with van der Waals surface area (Å²) < 4.78 is 4.70. The van der Waals surface area contributed by atoms with Gasteiger partial charge < -0.3 is 4.42 Å². The summed E-state index contributed by atoms with van der Waals surface area (Å²) in [6.07, 6.45) is 4.51. The van der Waals surface area contributed by atoms with Crippen molar-refractivity contribution in [3.05, 3.63) is 18.4 Å². The van der Waals surface area contributed by atoms with E-state index in [0.29, 0.717) is 0 Å². The van der Waals surface area contributed by atoms with Crippen LogP contribution in [-0.2, 0) is 0 Å². The molecule has 1 aromatic rings. The SMILES string of the molecule is CSC(=O)c1ncco1. The topological polar surface area (TPSA) is 43.1 Å². The number of nitrogens with zero attached hydrogens (tertiary/aromatic N) is 1. The number of aromatic nitrogens is 1. The molecule has 0 saturated heterocycles. The van der Waals surface area contributed by atoms with Crippen LogP contribution in [0.3, 0.4) is 0 Å². The normalized spacial score (nSPS) is 9.44. The quantitative estimate of drug-likeness (QED) is 0.592. The maximum absolute atomic E-state index is 10.7. The molecule has 4 heteroatoms. The third-order valence-corrected chi connectivity index (χ3v) is 1.34. The van der Waals surface area contributed by atoms with Crippen LogP contribution < -0.4 is 0 Å². The number of carbonyl (C=O) groups is 1. The fourth-order valence-corrected chi connectivity index (χ4v) is 0.687. The minimum Gasteiger partial charge on any atom is -0.442 e. The average Bonchev–Trinajstić information content (AvgIpc) is 2.37. The predicted octanol–water partition coefficient (Wildman–Crippen LogP) is 1.18. The number of rotatable bonds is 1. The van der Waals surface area contributed by atoms with Gasteiger partial charge in [-0.15, -0.1) is 0 Å². The Kier molecular flexibility index (Phi) is 1.89. The van der Waals surface area contributed by atoms with Crippen molar-refractivity contribution in [3.63, 3.8) is 0 Å². The molecule has 0 aliphatic heterocycles. The molecule has 0 bridgehead atoms. The Balaban J connectivity index is 2.77. The van der Waals surface area contributed by atoms with Crippen LogP contribution in [0.2, 0.25) is 0 Å². The molecule has 0 radical (unpaired) electrons. The standard InChI is InChI=1S/C5H5NO2S/c1-9-5(7)4-6-2-3-8-4/h2-3H,1H3. The minimum atomic E-state index is -0.139. The Morgan fingerprint density at radius 3 is 3.11 bits per heavy atom. The second-order valence-electron chi connectivity index (χ2n) is 1.33. The van der Waals surface area contributed by atoms with E-state index in [0.717, 1.165) is 11.8 Å². The highest BCUT2D eigenvalue weighted by Gasteiger charge is 2.06. The fourth-order valence-electron chi connectivity index (χ4n) is 0.412. The van der Waals surface area contributed by atoms with E-state index < -0.39 is 0 Å². The second kappa shape index (κ2) is 2.68. The van der Waals surface area contributed by atoms with Crippen LogP contribution in [0.4, 0.5) is 0 Å². The zero-order chi connectivity index (χ0) is 6.69. The van der Waals surface area contributed by atoms with Crippen molar-refractivity contribution in [2.75, 3.05) is 6.26 Å². The third kappa shape index (κ3) is 1.32. The van der Waals surface area contributed by atoms with E-state index in [1.807, 2.05) is 0 Å². The molecular formula is C5H5NO2S. The molecule has 48 valence electrons. The molecule has 1 aromatic heterocycles. The van der Waals surface area contributed by atoms with Gasteiger partial charge in [0.2, 0.25) is 0 Å². The zero-order valence-electron chi connectivity index (χ0n) is 4.83. The lowest BCUT2D eigenvalue weighted by Gasteiger charge is -1.83. The summed E-state index contributed by atoms with van der Waals surface area (Å²) in [4.78, 5) is 14.3. The maximum Gasteiger partial charge on any atom is 0.274 e. The van der Waals surface area contributed by atoms with Gasteiger partial charge in [-0.05, 0) is 6.26 Å². The summed E-state index contributed by atoms with van der Waals surface area (Å²) in [7, 11) is 0. The van der Waals surface area contributed by atoms with Crippen LogP contribution in [0, 0.1) is 0 Å². The summed E-state index contributed by atoms with van der Waals surface area (Å²) in [5.74, 6) is 0.169. The van der Waals surface area contributed by atoms with Crippen molar-refractivity contribution >= 4 is 16.9 Å². The molecule has 1 rings (SSSR count). The monoisotopic (exact) mass is 143 g/mol. The molecule has 0 aliphatic rings. The first-order valence-electron chi connectivity index (χ1n) is 2.32. The van der Waals surface area contributed by atoms with Crippen LogP contribution >= 0.6 is 11.8 Å². The molecule has 3 nitrogen and oxygen atoms in total. The van der Waals surface area contributed by atoms with Gasteiger partial charge in [-0.2, -0.15) is 0 Å². The molecule has 0 saturated carbocycles. The Morgan fingerprint density at radius 1 is 1.89 bits per heavy atom. The van der Waals surface area contributed by atoms with Crippen molar-refractivity contribution in [2.24, 2.45) is 0 Å². The van der Waals surface area contributed by atoms with Gasteiger partial charge >= 0.3 is 0 Å². The third-order valence-electron chi connectivity index (χ3n) is 0.792. The first-order chi connectivity index (χ1) is 4.34. The van der Waals surface area contributed by atoms with Gasteiger partial charge in [0.15, 0.2) is 0 Å². The summed E-state index contributed by atoms with van der Waals surface area (Å²) in [5, 5.41) is -0.139. The van der Waals surface area contributed by atoms with Crippen LogP contribution in [0.5, 0.6) is 0 Å². The molecule has 0 atom stereocenters. The molecule has 0 unspecified atom stereocenters. The summed E-state index contributed by atoms with van der Waals surface area (Å²) in [6.45, 7) is 0. The van der Waals surface area contributed by atoms with Gasteiger partial charge in [0, 0.05) is 0 Å². The highest BCUT2D eigenvalue weighted by Crippen LogP contribution is 2.05. The highest BCUT2D eigenvalue weighted by atomic mass is 32.2.